The van der Waals surface area contributed by atoms with Crippen molar-refractivity contribution in [2.45, 2.75) is 19.0 Å². The summed E-state index contributed by atoms with van der Waals surface area (Å²) in [6.45, 7) is -0.329. The second-order valence-corrected chi connectivity index (χ2v) is 8.22. The Morgan fingerprint density at radius 3 is 2.88 bits per heavy atom. The van der Waals surface area contributed by atoms with Gasteiger partial charge in [-0.2, -0.15) is 5.10 Å². The quantitative estimate of drug-likeness (QED) is 0.788. The number of rotatable bonds is 4. The summed E-state index contributed by atoms with van der Waals surface area (Å²) in [7, 11) is -1.58. The molecule has 1 atom stereocenters. The highest BCUT2D eigenvalue weighted by Crippen LogP contribution is 2.18. The monoisotopic (exact) mass is 366 g/mol. The Morgan fingerprint density at radius 2 is 2.28 bits per heavy atom. The molecule has 2 aromatic rings. The van der Waals surface area contributed by atoms with Gasteiger partial charge in [0.05, 0.1) is 17.8 Å². The topological polar surface area (TPSA) is 128 Å². The largest absolute Gasteiger partial charge is 0.463 e. The molecule has 1 fully saturated rings. The number of aromatic nitrogens is 2. The fourth-order valence-corrected chi connectivity index (χ4v) is 4.51. The number of sulfone groups is 1. The van der Waals surface area contributed by atoms with Crippen LogP contribution in [-0.4, -0.2) is 53.6 Å². The summed E-state index contributed by atoms with van der Waals surface area (Å²) in [6.07, 6.45) is 1.85. The Kier molecular flexibility index (Phi) is 4.38. The second kappa shape index (κ2) is 6.36. The van der Waals surface area contributed by atoms with Gasteiger partial charge in [0.25, 0.3) is 5.56 Å². The highest BCUT2D eigenvalue weighted by molar-refractivity contribution is 7.91. The lowest BCUT2D eigenvalue weighted by Crippen LogP contribution is -2.42. The molecule has 134 valence electrons. The molecule has 2 aromatic heterocycles. The normalized spacial score (nSPS) is 19.0. The summed E-state index contributed by atoms with van der Waals surface area (Å²) in [4.78, 5) is 25.9. The van der Waals surface area contributed by atoms with Crippen molar-refractivity contribution in [2.75, 3.05) is 24.3 Å². The summed E-state index contributed by atoms with van der Waals surface area (Å²) in [6, 6.07) is 4.32. The highest BCUT2D eigenvalue weighted by atomic mass is 32.2. The molecule has 0 aliphatic carbocycles. The van der Waals surface area contributed by atoms with Crippen molar-refractivity contribution in [1.82, 2.24) is 14.7 Å². The molecule has 2 N–H and O–H groups in total. The first-order chi connectivity index (χ1) is 11.8. The Hall–Kier alpha value is -2.62. The summed E-state index contributed by atoms with van der Waals surface area (Å²) in [5.41, 5.74) is 5.41. The van der Waals surface area contributed by atoms with E-state index in [-0.39, 0.29) is 29.8 Å². The van der Waals surface area contributed by atoms with Crippen LogP contribution in [0.2, 0.25) is 0 Å². The third-order valence-electron chi connectivity index (χ3n) is 4.21. The molecule has 1 aliphatic rings. The lowest BCUT2D eigenvalue weighted by atomic mass is 10.2. The SMILES string of the molecule is CN(C(=O)Cn1nc(-c2ccco2)cc(N)c1=O)[C@@H]1CCS(=O)(=O)C1. The van der Waals surface area contributed by atoms with Gasteiger partial charge in [0.2, 0.25) is 5.91 Å². The van der Waals surface area contributed by atoms with E-state index in [0.29, 0.717) is 17.9 Å². The first-order valence-electron chi connectivity index (χ1n) is 7.64. The number of hydrogen-bond donors (Lipinski definition) is 1. The third kappa shape index (κ3) is 3.58. The van der Waals surface area contributed by atoms with Crippen LogP contribution in [-0.2, 0) is 21.2 Å². The zero-order valence-corrected chi connectivity index (χ0v) is 14.4. The second-order valence-electron chi connectivity index (χ2n) is 5.99. The Bertz CT molecular complexity index is 949. The van der Waals surface area contributed by atoms with E-state index in [9.17, 15) is 18.0 Å². The van der Waals surface area contributed by atoms with Gasteiger partial charge < -0.3 is 15.1 Å². The lowest BCUT2D eigenvalue weighted by Gasteiger charge is -2.23. The lowest BCUT2D eigenvalue weighted by molar-refractivity contribution is -0.132. The van der Waals surface area contributed by atoms with Crippen LogP contribution in [0.1, 0.15) is 6.42 Å². The molecule has 0 unspecified atom stereocenters. The van der Waals surface area contributed by atoms with Crippen LogP contribution in [0.15, 0.2) is 33.7 Å². The van der Waals surface area contributed by atoms with Gasteiger partial charge in [-0.05, 0) is 24.6 Å². The number of hydrogen-bond acceptors (Lipinski definition) is 7. The molecular formula is C15H18N4O5S. The third-order valence-corrected chi connectivity index (χ3v) is 5.96. The fourth-order valence-electron chi connectivity index (χ4n) is 2.74. The zero-order chi connectivity index (χ0) is 18.2. The van der Waals surface area contributed by atoms with Crippen molar-refractivity contribution in [3.05, 3.63) is 34.8 Å². The fraction of sp³-hybridized carbons (Fsp3) is 0.400. The molecule has 0 saturated carbocycles. The minimum absolute atomic E-state index is 0.0553. The van der Waals surface area contributed by atoms with E-state index in [0.717, 1.165) is 4.68 Å². The molecule has 0 aromatic carbocycles. The zero-order valence-electron chi connectivity index (χ0n) is 13.6. The van der Waals surface area contributed by atoms with Gasteiger partial charge in [-0.1, -0.05) is 0 Å². The van der Waals surface area contributed by atoms with Crippen molar-refractivity contribution >= 4 is 21.4 Å². The van der Waals surface area contributed by atoms with E-state index < -0.39 is 21.3 Å². The van der Waals surface area contributed by atoms with Gasteiger partial charge >= 0.3 is 0 Å². The first kappa shape index (κ1) is 17.2. The van der Waals surface area contributed by atoms with Crippen LogP contribution in [0.4, 0.5) is 5.69 Å². The minimum atomic E-state index is -3.11. The number of nitrogens with zero attached hydrogens (tertiary/aromatic N) is 3. The Balaban J connectivity index is 1.82. The predicted molar refractivity (Wildman–Crippen MR) is 90.4 cm³/mol. The van der Waals surface area contributed by atoms with Crippen molar-refractivity contribution in [3.63, 3.8) is 0 Å². The van der Waals surface area contributed by atoms with E-state index in [2.05, 4.69) is 5.10 Å². The molecule has 25 heavy (non-hydrogen) atoms. The molecule has 1 saturated heterocycles. The maximum Gasteiger partial charge on any atom is 0.290 e. The first-order valence-corrected chi connectivity index (χ1v) is 9.46. The standard InChI is InChI=1S/C15H18N4O5S/c1-18(10-4-6-25(22,23)9-10)14(20)8-19-15(21)11(16)7-12(17-19)13-3-2-5-24-13/h2-3,5,7,10H,4,6,8-9,16H2,1H3/t10-/m1/s1. The van der Waals surface area contributed by atoms with Crippen LogP contribution >= 0.6 is 0 Å². The van der Waals surface area contributed by atoms with Gasteiger partial charge in [0.1, 0.15) is 17.9 Å². The van der Waals surface area contributed by atoms with E-state index in [1.165, 1.54) is 24.3 Å². The van der Waals surface area contributed by atoms with E-state index in [1.807, 2.05) is 0 Å². The van der Waals surface area contributed by atoms with Gasteiger partial charge in [-0.15, -0.1) is 0 Å². The minimum Gasteiger partial charge on any atom is -0.463 e. The number of anilines is 1. The number of carbonyl (C=O) groups is 1. The molecule has 3 heterocycles. The Morgan fingerprint density at radius 1 is 1.52 bits per heavy atom. The molecule has 9 nitrogen and oxygen atoms in total. The van der Waals surface area contributed by atoms with Gasteiger partial charge in [0, 0.05) is 13.1 Å². The van der Waals surface area contributed by atoms with Crippen LogP contribution in [0.5, 0.6) is 0 Å². The summed E-state index contributed by atoms with van der Waals surface area (Å²) >= 11 is 0. The van der Waals surface area contributed by atoms with Crippen LogP contribution < -0.4 is 11.3 Å². The average Bonchev–Trinajstić information content (AvgIpc) is 3.20. The average molecular weight is 366 g/mol. The molecule has 0 spiro atoms. The van der Waals surface area contributed by atoms with Crippen molar-refractivity contribution in [3.8, 4) is 11.5 Å². The molecule has 1 aliphatic heterocycles. The number of nitrogens with two attached hydrogens (primary N) is 1. The molecular weight excluding hydrogens is 348 g/mol. The van der Waals surface area contributed by atoms with Crippen molar-refractivity contribution in [2.24, 2.45) is 0 Å². The Labute approximate surface area is 143 Å². The van der Waals surface area contributed by atoms with E-state index >= 15 is 0 Å². The number of likely N-dealkylation sites (N-methyl/N-ethyl adjacent to an activating group) is 1. The number of furan rings is 1. The van der Waals surface area contributed by atoms with Gasteiger partial charge in [-0.3, -0.25) is 9.59 Å². The van der Waals surface area contributed by atoms with Gasteiger partial charge in [0.15, 0.2) is 15.6 Å². The summed E-state index contributed by atoms with van der Waals surface area (Å²) in [5, 5.41) is 4.12. The number of amides is 1. The van der Waals surface area contributed by atoms with Gasteiger partial charge in [-0.25, -0.2) is 13.1 Å². The van der Waals surface area contributed by atoms with Crippen LogP contribution in [0.3, 0.4) is 0 Å². The molecule has 3 rings (SSSR count). The molecule has 1 amide bonds. The maximum atomic E-state index is 12.4. The van der Waals surface area contributed by atoms with E-state index in [4.69, 9.17) is 10.2 Å². The molecule has 0 bridgehead atoms. The maximum absolute atomic E-state index is 12.4. The van der Waals surface area contributed by atoms with Crippen LogP contribution in [0, 0.1) is 0 Å². The highest BCUT2D eigenvalue weighted by Gasteiger charge is 2.32. The number of carbonyl (C=O) groups excluding carboxylic acids is 1. The molecule has 0 radical (unpaired) electrons. The van der Waals surface area contributed by atoms with Crippen molar-refractivity contribution in [1.29, 1.82) is 0 Å². The van der Waals surface area contributed by atoms with Crippen molar-refractivity contribution < 1.29 is 17.6 Å². The summed E-state index contributed by atoms with van der Waals surface area (Å²) < 4.78 is 29.3. The van der Waals surface area contributed by atoms with E-state index in [1.54, 1.807) is 12.1 Å². The smallest absolute Gasteiger partial charge is 0.290 e. The van der Waals surface area contributed by atoms with Crippen LogP contribution in [0.25, 0.3) is 11.5 Å². The summed E-state index contributed by atoms with van der Waals surface area (Å²) in [5.74, 6) is 0.0106. The molecule has 10 heteroatoms. The predicted octanol–water partition coefficient (Wildman–Crippen LogP) is -0.269. The number of nitrogen functional groups attached to an aromatic ring is 1.